The van der Waals surface area contributed by atoms with Crippen LogP contribution < -0.4 is 4.74 Å². The number of amides is 1. The van der Waals surface area contributed by atoms with E-state index < -0.39 is 23.5 Å². The minimum Gasteiger partial charge on any atom is -0.507 e. The van der Waals surface area contributed by atoms with Gasteiger partial charge in [0.2, 0.25) is 0 Å². The maximum atomic E-state index is 13.6. The number of nitrogens with zero attached hydrogens (tertiary/aromatic N) is 2. The monoisotopic (exact) mass is 440 g/mol. The van der Waals surface area contributed by atoms with E-state index in [-0.39, 0.29) is 11.3 Å². The van der Waals surface area contributed by atoms with Crippen LogP contribution in [0.3, 0.4) is 0 Å². The van der Waals surface area contributed by atoms with Crippen LogP contribution in [0.25, 0.3) is 5.76 Å². The molecule has 0 bridgehead atoms. The number of hydrogen-bond acceptors (Lipinski definition) is 5. The van der Waals surface area contributed by atoms with E-state index in [4.69, 9.17) is 4.74 Å². The largest absolute Gasteiger partial charge is 0.507 e. The maximum Gasteiger partial charge on any atom is 0.295 e. The summed E-state index contributed by atoms with van der Waals surface area (Å²) in [4.78, 5) is 29.6. The van der Waals surface area contributed by atoms with Gasteiger partial charge in [0.1, 0.15) is 17.3 Å². The molecule has 1 aliphatic heterocycles. The third-order valence-electron chi connectivity index (χ3n) is 5.70. The van der Waals surface area contributed by atoms with Gasteiger partial charge in [-0.25, -0.2) is 4.39 Å². The number of Topliss-reactive ketones (excluding diaryl/α,β-unsaturated/α-hetero) is 1. The highest BCUT2D eigenvalue weighted by Crippen LogP contribution is 2.39. The Balaban J connectivity index is 2.08. The predicted octanol–water partition coefficient (Wildman–Crippen LogP) is 3.99. The zero-order valence-corrected chi connectivity index (χ0v) is 18.7. The zero-order chi connectivity index (χ0) is 23.3. The molecule has 2 aromatic carbocycles. The summed E-state index contributed by atoms with van der Waals surface area (Å²) in [5.41, 5.74) is 0.937. The summed E-state index contributed by atoms with van der Waals surface area (Å²) in [5.74, 6) is -1.57. The molecule has 1 saturated heterocycles. The summed E-state index contributed by atoms with van der Waals surface area (Å²) in [7, 11) is 0. The highest BCUT2D eigenvalue weighted by Gasteiger charge is 2.46. The van der Waals surface area contributed by atoms with Gasteiger partial charge >= 0.3 is 0 Å². The summed E-state index contributed by atoms with van der Waals surface area (Å²) in [6.45, 7) is 8.87. The molecule has 1 heterocycles. The van der Waals surface area contributed by atoms with Crippen LogP contribution in [0.1, 0.15) is 37.9 Å². The minimum atomic E-state index is -0.804. The van der Waals surface area contributed by atoms with Crippen LogP contribution in [0.4, 0.5) is 4.39 Å². The maximum absolute atomic E-state index is 13.6. The van der Waals surface area contributed by atoms with E-state index in [1.807, 2.05) is 20.8 Å². The fraction of sp³-hybridized carbons (Fsp3) is 0.360. The van der Waals surface area contributed by atoms with Crippen molar-refractivity contribution in [1.82, 2.24) is 9.80 Å². The first-order valence-electron chi connectivity index (χ1n) is 10.9. The standard InChI is InChI=1S/C25H29FN2O4/c1-4-27(5-2)14-15-28-22(17-10-12-19(26)13-11-17)21(24(30)25(28)31)23(29)18-8-7-9-20(16-18)32-6-3/h7-13,16,22,29H,4-6,14-15H2,1-3H3/b23-21-. The van der Waals surface area contributed by atoms with E-state index in [9.17, 15) is 19.1 Å². The smallest absolute Gasteiger partial charge is 0.295 e. The zero-order valence-electron chi connectivity index (χ0n) is 18.7. The van der Waals surface area contributed by atoms with Gasteiger partial charge in [-0.1, -0.05) is 38.1 Å². The summed E-state index contributed by atoms with van der Waals surface area (Å²) in [6, 6.07) is 11.6. The van der Waals surface area contributed by atoms with E-state index >= 15 is 0 Å². The van der Waals surface area contributed by atoms with Gasteiger partial charge in [0.25, 0.3) is 11.7 Å². The van der Waals surface area contributed by atoms with Crippen LogP contribution in [-0.4, -0.2) is 59.4 Å². The summed E-state index contributed by atoms with van der Waals surface area (Å²) < 4.78 is 19.1. The van der Waals surface area contributed by atoms with Crippen molar-refractivity contribution < 1.29 is 23.8 Å². The van der Waals surface area contributed by atoms with Gasteiger partial charge in [0, 0.05) is 18.7 Å². The summed E-state index contributed by atoms with van der Waals surface area (Å²) in [6.07, 6.45) is 0. The molecule has 1 N–H and O–H groups in total. The molecule has 1 fully saturated rings. The van der Waals surface area contributed by atoms with Gasteiger partial charge in [0.15, 0.2) is 0 Å². The Hall–Kier alpha value is -3.19. The van der Waals surface area contributed by atoms with E-state index in [0.717, 1.165) is 13.1 Å². The van der Waals surface area contributed by atoms with Crippen LogP contribution in [0.2, 0.25) is 0 Å². The average molecular weight is 441 g/mol. The third kappa shape index (κ3) is 4.83. The van der Waals surface area contributed by atoms with Crippen molar-refractivity contribution in [2.75, 3.05) is 32.8 Å². The lowest BCUT2D eigenvalue weighted by Crippen LogP contribution is -2.38. The molecule has 0 spiro atoms. The molecule has 0 radical (unpaired) electrons. The Morgan fingerprint density at radius 1 is 1.09 bits per heavy atom. The van der Waals surface area contributed by atoms with Gasteiger partial charge in [0.05, 0.1) is 18.2 Å². The minimum absolute atomic E-state index is 0.00481. The Bertz CT molecular complexity index is 999. The average Bonchev–Trinajstić information content (AvgIpc) is 3.05. The quantitative estimate of drug-likeness (QED) is 0.363. The first-order valence-corrected chi connectivity index (χ1v) is 10.9. The molecule has 32 heavy (non-hydrogen) atoms. The molecule has 1 unspecified atom stereocenters. The number of likely N-dealkylation sites (N-methyl/N-ethyl adjacent to an activating group) is 1. The van der Waals surface area contributed by atoms with Crippen LogP contribution in [-0.2, 0) is 9.59 Å². The Labute approximate surface area is 187 Å². The van der Waals surface area contributed by atoms with E-state index in [1.165, 1.54) is 17.0 Å². The lowest BCUT2D eigenvalue weighted by Gasteiger charge is -2.28. The molecule has 6 nitrogen and oxygen atoms in total. The van der Waals surface area contributed by atoms with Crippen molar-refractivity contribution in [3.05, 3.63) is 71.0 Å². The number of rotatable bonds is 9. The van der Waals surface area contributed by atoms with Gasteiger partial charge in [-0.15, -0.1) is 0 Å². The van der Waals surface area contributed by atoms with E-state index in [0.29, 0.717) is 36.6 Å². The van der Waals surface area contributed by atoms with Crippen molar-refractivity contribution >= 4 is 17.4 Å². The SMILES string of the molecule is CCOc1cccc(/C(O)=C2/C(=O)C(=O)N(CCN(CC)CC)C2c2ccc(F)cc2)c1. The Kier molecular flexibility index (Phi) is 7.64. The third-order valence-corrected chi connectivity index (χ3v) is 5.70. The number of likely N-dealkylation sites (tertiary alicyclic amines) is 1. The number of halogens is 1. The fourth-order valence-electron chi connectivity index (χ4n) is 3.95. The van der Waals surface area contributed by atoms with Crippen molar-refractivity contribution in [2.24, 2.45) is 0 Å². The number of aliphatic hydroxyl groups is 1. The highest BCUT2D eigenvalue weighted by atomic mass is 19.1. The Morgan fingerprint density at radius 2 is 1.78 bits per heavy atom. The van der Waals surface area contributed by atoms with Crippen LogP contribution in [0.15, 0.2) is 54.1 Å². The molecule has 0 aromatic heterocycles. The van der Waals surface area contributed by atoms with Crippen LogP contribution in [0.5, 0.6) is 5.75 Å². The second kappa shape index (κ2) is 10.4. The van der Waals surface area contributed by atoms with Crippen LogP contribution >= 0.6 is 0 Å². The van der Waals surface area contributed by atoms with Gasteiger partial charge in [-0.05, 0) is 49.8 Å². The number of ketones is 1. The second-order valence-electron chi connectivity index (χ2n) is 7.53. The van der Waals surface area contributed by atoms with Gasteiger partial charge in [-0.2, -0.15) is 0 Å². The second-order valence-corrected chi connectivity index (χ2v) is 7.53. The van der Waals surface area contributed by atoms with Crippen molar-refractivity contribution in [3.8, 4) is 5.75 Å². The van der Waals surface area contributed by atoms with Crippen molar-refractivity contribution in [1.29, 1.82) is 0 Å². The molecule has 1 aliphatic rings. The van der Waals surface area contributed by atoms with Gasteiger partial charge < -0.3 is 19.6 Å². The van der Waals surface area contributed by atoms with Crippen molar-refractivity contribution in [2.45, 2.75) is 26.8 Å². The first-order chi connectivity index (χ1) is 15.4. The predicted molar refractivity (Wildman–Crippen MR) is 121 cm³/mol. The highest BCUT2D eigenvalue weighted by molar-refractivity contribution is 6.46. The molecular formula is C25H29FN2O4. The fourth-order valence-corrected chi connectivity index (χ4v) is 3.95. The molecule has 170 valence electrons. The lowest BCUT2D eigenvalue weighted by atomic mass is 9.95. The first kappa shape index (κ1) is 23.5. The number of carbonyl (C=O) groups excluding carboxylic acids is 2. The number of aliphatic hydroxyl groups excluding tert-OH is 1. The molecule has 2 aromatic rings. The molecule has 1 amide bonds. The molecule has 7 heteroatoms. The van der Waals surface area contributed by atoms with E-state index in [1.54, 1.807) is 36.4 Å². The number of benzene rings is 2. The molecule has 0 saturated carbocycles. The van der Waals surface area contributed by atoms with Crippen LogP contribution in [0, 0.1) is 5.82 Å². The number of ether oxygens (including phenoxy) is 1. The Morgan fingerprint density at radius 3 is 2.41 bits per heavy atom. The molecular weight excluding hydrogens is 411 g/mol. The number of carbonyl (C=O) groups is 2. The topological polar surface area (TPSA) is 70.1 Å². The lowest BCUT2D eigenvalue weighted by molar-refractivity contribution is -0.140. The van der Waals surface area contributed by atoms with E-state index in [2.05, 4.69) is 4.90 Å². The van der Waals surface area contributed by atoms with Crippen molar-refractivity contribution in [3.63, 3.8) is 0 Å². The normalized spacial score (nSPS) is 17.9. The van der Waals surface area contributed by atoms with Gasteiger partial charge in [-0.3, -0.25) is 9.59 Å². The molecule has 1 atom stereocenters. The number of hydrogen-bond donors (Lipinski definition) is 1. The molecule has 0 aliphatic carbocycles. The molecule has 3 rings (SSSR count). The summed E-state index contributed by atoms with van der Waals surface area (Å²) >= 11 is 0. The summed E-state index contributed by atoms with van der Waals surface area (Å²) in [5, 5.41) is 11.1.